The third-order valence-electron chi connectivity index (χ3n) is 4.93. The summed E-state index contributed by atoms with van der Waals surface area (Å²) < 4.78 is 0. The molecule has 1 N–H and O–H groups in total. The molecule has 2 aromatic rings. The summed E-state index contributed by atoms with van der Waals surface area (Å²) in [6.07, 6.45) is 0.292. The first-order valence-electron chi connectivity index (χ1n) is 9.95. The van der Waals surface area contributed by atoms with Crippen LogP contribution >= 0.6 is 0 Å². The Bertz CT molecular complexity index is 797. The molecule has 2 rings (SSSR count). The Hall–Kier alpha value is -2.62. The molecule has 0 fully saturated rings. The van der Waals surface area contributed by atoms with E-state index in [0.29, 0.717) is 25.4 Å². The van der Waals surface area contributed by atoms with Gasteiger partial charge in [0, 0.05) is 13.1 Å². The molecule has 0 radical (unpaired) electrons. The van der Waals surface area contributed by atoms with Crippen molar-refractivity contribution in [1.29, 1.82) is 0 Å². The molecule has 2 aromatic carbocycles. The molecule has 0 heterocycles. The third-order valence-corrected chi connectivity index (χ3v) is 4.93. The summed E-state index contributed by atoms with van der Waals surface area (Å²) in [5.74, 6) is 0.213. The fraction of sp³-hybridized carbons (Fsp3) is 0.417. The quantitative estimate of drug-likeness (QED) is 0.751. The van der Waals surface area contributed by atoms with Crippen LogP contribution in [0.5, 0.6) is 0 Å². The predicted molar refractivity (Wildman–Crippen MR) is 114 cm³/mol. The number of rotatable bonds is 8. The lowest BCUT2D eigenvalue weighted by molar-refractivity contribution is -0.140. The van der Waals surface area contributed by atoms with Crippen LogP contribution in [0.1, 0.15) is 43.0 Å². The van der Waals surface area contributed by atoms with Crippen molar-refractivity contribution in [2.24, 2.45) is 5.92 Å². The Morgan fingerprint density at radius 2 is 1.61 bits per heavy atom. The molecule has 150 valence electrons. The van der Waals surface area contributed by atoms with Gasteiger partial charge in [-0.3, -0.25) is 9.59 Å². The highest BCUT2D eigenvalue weighted by Gasteiger charge is 2.26. The van der Waals surface area contributed by atoms with Gasteiger partial charge in [-0.2, -0.15) is 0 Å². The van der Waals surface area contributed by atoms with Crippen molar-refractivity contribution in [3.8, 4) is 0 Å². The highest BCUT2D eigenvalue weighted by atomic mass is 16.2. The van der Waals surface area contributed by atoms with Gasteiger partial charge in [0.1, 0.15) is 6.04 Å². The van der Waals surface area contributed by atoms with Crippen LogP contribution in [0.3, 0.4) is 0 Å². The van der Waals surface area contributed by atoms with Gasteiger partial charge >= 0.3 is 0 Å². The van der Waals surface area contributed by atoms with Gasteiger partial charge in [0.25, 0.3) is 0 Å². The molecule has 0 spiro atoms. The third kappa shape index (κ3) is 6.22. The molecular formula is C24H32N2O2. The number of hydrogen-bond acceptors (Lipinski definition) is 2. The Kier molecular flexibility index (Phi) is 7.80. The van der Waals surface area contributed by atoms with E-state index in [4.69, 9.17) is 0 Å². The number of aryl methyl sites for hydroxylation is 2. The number of benzene rings is 2. The van der Waals surface area contributed by atoms with Crippen LogP contribution < -0.4 is 5.32 Å². The average Bonchev–Trinajstić information content (AvgIpc) is 2.66. The predicted octanol–water partition coefficient (Wildman–Crippen LogP) is 4.04. The highest BCUT2D eigenvalue weighted by Crippen LogP contribution is 2.15. The first-order chi connectivity index (χ1) is 13.3. The van der Waals surface area contributed by atoms with Crippen molar-refractivity contribution in [2.45, 2.75) is 53.6 Å². The SMILES string of the molecule is Cc1ccc(CN(C(=O)Cc2ccccc2C)[C@H](C)C(=O)NCC(C)C)cc1. The minimum Gasteiger partial charge on any atom is -0.354 e. The summed E-state index contributed by atoms with van der Waals surface area (Å²) in [6.45, 7) is 11.0. The first kappa shape index (κ1) is 21.7. The Morgan fingerprint density at radius 1 is 0.964 bits per heavy atom. The zero-order valence-electron chi connectivity index (χ0n) is 17.7. The number of hydrogen-bond donors (Lipinski definition) is 1. The molecule has 0 saturated heterocycles. The molecule has 0 aliphatic carbocycles. The second kappa shape index (κ2) is 10.1. The molecule has 0 aliphatic heterocycles. The van der Waals surface area contributed by atoms with Crippen LogP contribution in [0.4, 0.5) is 0 Å². The van der Waals surface area contributed by atoms with Gasteiger partial charge in [-0.15, -0.1) is 0 Å². The van der Waals surface area contributed by atoms with E-state index in [1.165, 1.54) is 5.56 Å². The molecule has 4 heteroatoms. The topological polar surface area (TPSA) is 49.4 Å². The summed E-state index contributed by atoms with van der Waals surface area (Å²) in [6, 6.07) is 15.5. The Morgan fingerprint density at radius 3 is 2.21 bits per heavy atom. The maximum absolute atomic E-state index is 13.2. The zero-order chi connectivity index (χ0) is 20.7. The zero-order valence-corrected chi connectivity index (χ0v) is 17.7. The normalized spacial score (nSPS) is 11.9. The summed E-state index contributed by atoms with van der Waals surface area (Å²) in [4.78, 5) is 27.5. The standard InChI is InChI=1S/C24H32N2O2/c1-17(2)15-25-24(28)20(5)26(16-21-12-10-18(3)11-13-21)23(27)14-22-9-7-6-8-19(22)4/h6-13,17,20H,14-16H2,1-5H3,(H,25,28)/t20-/m1/s1. The van der Waals surface area contributed by atoms with Crippen LogP contribution in [-0.4, -0.2) is 29.3 Å². The van der Waals surface area contributed by atoms with Crippen LogP contribution in [-0.2, 0) is 22.6 Å². The number of nitrogens with zero attached hydrogens (tertiary/aromatic N) is 1. The van der Waals surface area contributed by atoms with Crippen molar-refractivity contribution < 1.29 is 9.59 Å². The van der Waals surface area contributed by atoms with Crippen LogP contribution in [0, 0.1) is 19.8 Å². The number of carbonyl (C=O) groups is 2. The number of amides is 2. The lowest BCUT2D eigenvalue weighted by Crippen LogP contribution is -2.48. The van der Waals surface area contributed by atoms with Crippen molar-refractivity contribution in [3.05, 3.63) is 70.8 Å². The molecule has 2 amide bonds. The largest absolute Gasteiger partial charge is 0.354 e. The van der Waals surface area contributed by atoms with Gasteiger partial charge in [-0.05, 0) is 43.4 Å². The van der Waals surface area contributed by atoms with Gasteiger partial charge in [0.15, 0.2) is 0 Å². The minimum absolute atomic E-state index is 0.0397. The Labute approximate surface area is 169 Å². The van der Waals surface area contributed by atoms with E-state index in [1.54, 1.807) is 11.8 Å². The smallest absolute Gasteiger partial charge is 0.242 e. The van der Waals surface area contributed by atoms with E-state index in [-0.39, 0.29) is 11.8 Å². The molecule has 0 unspecified atom stereocenters. The van der Waals surface area contributed by atoms with Gasteiger partial charge < -0.3 is 10.2 Å². The van der Waals surface area contributed by atoms with Crippen LogP contribution in [0.15, 0.2) is 48.5 Å². The van der Waals surface area contributed by atoms with Gasteiger partial charge in [-0.1, -0.05) is 67.9 Å². The monoisotopic (exact) mass is 380 g/mol. The molecule has 0 aliphatic rings. The highest BCUT2D eigenvalue weighted by molar-refractivity contribution is 5.88. The molecular weight excluding hydrogens is 348 g/mol. The molecule has 4 nitrogen and oxygen atoms in total. The summed E-state index contributed by atoms with van der Waals surface area (Å²) >= 11 is 0. The van der Waals surface area contributed by atoms with E-state index in [1.807, 2.05) is 62.4 Å². The summed E-state index contributed by atoms with van der Waals surface area (Å²) in [7, 11) is 0. The molecule has 0 saturated carbocycles. The van der Waals surface area contributed by atoms with Gasteiger partial charge in [0.2, 0.25) is 11.8 Å². The second-order valence-electron chi connectivity index (χ2n) is 7.93. The van der Waals surface area contributed by atoms with E-state index in [9.17, 15) is 9.59 Å². The van der Waals surface area contributed by atoms with Crippen molar-refractivity contribution >= 4 is 11.8 Å². The van der Waals surface area contributed by atoms with E-state index in [2.05, 4.69) is 19.2 Å². The van der Waals surface area contributed by atoms with Gasteiger partial charge in [-0.25, -0.2) is 0 Å². The molecule has 1 atom stereocenters. The van der Waals surface area contributed by atoms with Crippen molar-refractivity contribution in [1.82, 2.24) is 10.2 Å². The fourth-order valence-electron chi connectivity index (χ4n) is 3.00. The van der Waals surface area contributed by atoms with Crippen LogP contribution in [0.2, 0.25) is 0 Å². The summed E-state index contributed by atoms with van der Waals surface area (Å²) in [5.41, 5.74) is 4.27. The van der Waals surface area contributed by atoms with Crippen molar-refractivity contribution in [3.63, 3.8) is 0 Å². The maximum Gasteiger partial charge on any atom is 0.242 e. The maximum atomic E-state index is 13.2. The second-order valence-corrected chi connectivity index (χ2v) is 7.93. The molecule has 28 heavy (non-hydrogen) atoms. The molecule has 0 aromatic heterocycles. The van der Waals surface area contributed by atoms with E-state index in [0.717, 1.165) is 16.7 Å². The number of carbonyl (C=O) groups excluding carboxylic acids is 2. The van der Waals surface area contributed by atoms with E-state index >= 15 is 0 Å². The average molecular weight is 381 g/mol. The minimum atomic E-state index is -0.531. The Balaban J connectivity index is 2.21. The van der Waals surface area contributed by atoms with E-state index < -0.39 is 6.04 Å². The van der Waals surface area contributed by atoms with Crippen molar-refractivity contribution in [2.75, 3.05) is 6.54 Å². The fourth-order valence-corrected chi connectivity index (χ4v) is 3.00. The molecule has 0 bridgehead atoms. The lowest BCUT2D eigenvalue weighted by atomic mass is 10.0. The summed E-state index contributed by atoms with van der Waals surface area (Å²) in [5, 5.41) is 2.95. The van der Waals surface area contributed by atoms with Gasteiger partial charge in [0.05, 0.1) is 6.42 Å². The first-order valence-corrected chi connectivity index (χ1v) is 9.95. The lowest BCUT2D eigenvalue weighted by Gasteiger charge is -2.29. The van der Waals surface area contributed by atoms with Crippen LogP contribution in [0.25, 0.3) is 0 Å². The number of nitrogens with one attached hydrogen (secondary N) is 1.